The van der Waals surface area contributed by atoms with Crippen LogP contribution >= 0.6 is 0 Å². The maximum absolute atomic E-state index is 12.0. The van der Waals surface area contributed by atoms with E-state index in [2.05, 4.69) is 10.6 Å². The monoisotopic (exact) mass is 257 g/mol. The number of amides is 3. The topological polar surface area (TPSA) is 70.7 Å². The Morgan fingerprint density at radius 2 is 2.06 bits per heavy atom. The Morgan fingerprint density at radius 1 is 1.39 bits per heavy atom. The predicted octanol–water partition coefficient (Wildman–Crippen LogP) is 1.31. The number of rotatable bonds is 2. The third-order valence-electron chi connectivity index (χ3n) is 2.73. The molecule has 0 saturated carbocycles. The van der Waals surface area contributed by atoms with Gasteiger partial charge in [-0.15, -0.1) is 0 Å². The van der Waals surface area contributed by atoms with Crippen LogP contribution in [0.5, 0.6) is 0 Å². The summed E-state index contributed by atoms with van der Waals surface area (Å²) in [5.74, 6) is 0. The normalized spacial score (nSPS) is 19.6. The van der Waals surface area contributed by atoms with Crippen LogP contribution in [0.25, 0.3) is 0 Å². The van der Waals surface area contributed by atoms with Crippen molar-refractivity contribution >= 4 is 12.1 Å². The highest BCUT2D eigenvalue weighted by Gasteiger charge is 2.32. The summed E-state index contributed by atoms with van der Waals surface area (Å²) in [6.07, 6.45) is 1.53. The minimum Gasteiger partial charge on any atom is -0.444 e. The molecule has 3 amide bonds. The minimum atomic E-state index is -0.488. The largest absolute Gasteiger partial charge is 0.444 e. The molecular weight excluding hydrogens is 234 g/mol. The standard InChI is InChI=1S/C12H23N3O3/c1-12(2,3)18-11(17)15-7-5-6-9(15)8-14-10(16)13-4/h9H,5-8H2,1-4H3,(H2,13,14,16). The van der Waals surface area contributed by atoms with Crippen molar-refractivity contribution in [3.8, 4) is 0 Å². The maximum atomic E-state index is 12.0. The summed E-state index contributed by atoms with van der Waals surface area (Å²) < 4.78 is 5.34. The van der Waals surface area contributed by atoms with Gasteiger partial charge in [0.15, 0.2) is 0 Å². The molecule has 1 rings (SSSR count). The van der Waals surface area contributed by atoms with E-state index in [0.717, 1.165) is 12.8 Å². The zero-order chi connectivity index (χ0) is 13.8. The Balaban J connectivity index is 2.49. The van der Waals surface area contributed by atoms with Crippen LogP contribution < -0.4 is 10.6 Å². The number of carbonyl (C=O) groups is 2. The number of ether oxygens (including phenoxy) is 1. The Morgan fingerprint density at radius 3 is 2.61 bits per heavy atom. The number of nitrogens with zero attached hydrogens (tertiary/aromatic N) is 1. The lowest BCUT2D eigenvalue weighted by atomic mass is 10.2. The van der Waals surface area contributed by atoms with Gasteiger partial charge in [0, 0.05) is 20.1 Å². The summed E-state index contributed by atoms with van der Waals surface area (Å²) in [4.78, 5) is 24.8. The fourth-order valence-electron chi connectivity index (χ4n) is 1.91. The van der Waals surface area contributed by atoms with Crippen LogP contribution in [-0.4, -0.2) is 48.8 Å². The van der Waals surface area contributed by atoms with E-state index in [1.807, 2.05) is 20.8 Å². The van der Waals surface area contributed by atoms with Crippen LogP contribution in [0.15, 0.2) is 0 Å². The molecule has 0 aromatic heterocycles. The molecule has 0 aromatic rings. The lowest BCUT2D eigenvalue weighted by molar-refractivity contribution is 0.0228. The van der Waals surface area contributed by atoms with E-state index in [0.29, 0.717) is 13.1 Å². The Kier molecular flexibility index (Phi) is 4.81. The molecule has 1 heterocycles. The average Bonchev–Trinajstić information content (AvgIpc) is 2.71. The first-order chi connectivity index (χ1) is 8.33. The maximum Gasteiger partial charge on any atom is 0.410 e. The van der Waals surface area contributed by atoms with Gasteiger partial charge in [-0.25, -0.2) is 9.59 Å². The molecule has 1 unspecified atom stereocenters. The lowest BCUT2D eigenvalue weighted by Crippen LogP contribution is -2.46. The summed E-state index contributed by atoms with van der Waals surface area (Å²) in [7, 11) is 1.57. The molecule has 104 valence electrons. The van der Waals surface area contributed by atoms with Crippen LogP contribution in [-0.2, 0) is 4.74 Å². The number of hydrogen-bond acceptors (Lipinski definition) is 3. The van der Waals surface area contributed by atoms with Crippen molar-refractivity contribution in [3.63, 3.8) is 0 Å². The lowest BCUT2D eigenvalue weighted by Gasteiger charge is -2.28. The van der Waals surface area contributed by atoms with Crippen molar-refractivity contribution in [1.29, 1.82) is 0 Å². The molecule has 18 heavy (non-hydrogen) atoms. The van der Waals surface area contributed by atoms with Gasteiger partial charge in [0.2, 0.25) is 0 Å². The second-order valence-electron chi connectivity index (χ2n) is 5.43. The molecule has 1 saturated heterocycles. The van der Waals surface area contributed by atoms with Crippen LogP contribution in [0.4, 0.5) is 9.59 Å². The molecule has 0 aromatic carbocycles. The fourth-order valence-corrected chi connectivity index (χ4v) is 1.91. The Bertz CT molecular complexity index is 312. The number of hydrogen-bond donors (Lipinski definition) is 2. The Labute approximate surface area is 108 Å². The van der Waals surface area contributed by atoms with Gasteiger partial charge < -0.3 is 20.3 Å². The first-order valence-corrected chi connectivity index (χ1v) is 6.28. The van der Waals surface area contributed by atoms with Crippen molar-refractivity contribution in [2.75, 3.05) is 20.1 Å². The summed E-state index contributed by atoms with van der Waals surface area (Å²) in [5, 5.41) is 5.21. The summed E-state index contributed by atoms with van der Waals surface area (Å²) in [6, 6.07) is -0.205. The smallest absolute Gasteiger partial charge is 0.410 e. The molecule has 6 nitrogen and oxygen atoms in total. The zero-order valence-electron chi connectivity index (χ0n) is 11.6. The molecule has 0 bridgehead atoms. The first-order valence-electron chi connectivity index (χ1n) is 6.28. The molecule has 0 radical (unpaired) electrons. The molecule has 0 aliphatic carbocycles. The van der Waals surface area contributed by atoms with Crippen LogP contribution in [0.1, 0.15) is 33.6 Å². The van der Waals surface area contributed by atoms with Gasteiger partial charge in [0.25, 0.3) is 0 Å². The number of carbonyl (C=O) groups excluding carboxylic acids is 2. The molecule has 1 fully saturated rings. The van der Waals surface area contributed by atoms with Crippen molar-refractivity contribution in [1.82, 2.24) is 15.5 Å². The van der Waals surface area contributed by atoms with Gasteiger partial charge in [-0.05, 0) is 33.6 Å². The van der Waals surface area contributed by atoms with Gasteiger partial charge in [-0.3, -0.25) is 0 Å². The SMILES string of the molecule is CNC(=O)NCC1CCCN1C(=O)OC(C)(C)C. The third-order valence-corrected chi connectivity index (χ3v) is 2.73. The van der Waals surface area contributed by atoms with Crippen LogP contribution in [0.3, 0.4) is 0 Å². The molecular formula is C12H23N3O3. The first kappa shape index (κ1) is 14.6. The van der Waals surface area contributed by atoms with Gasteiger partial charge in [-0.1, -0.05) is 0 Å². The van der Waals surface area contributed by atoms with Gasteiger partial charge in [-0.2, -0.15) is 0 Å². The number of urea groups is 1. The second-order valence-corrected chi connectivity index (χ2v) is 5.43. The van der Waals surface area contributed by atoms with Gasteiger partial charge in [0.1, 0.15) is 5.60 Å². The highest BCUT2D eigenvalue weighted by atomic mass is 16.6. The van der Waals surface area contributed by atoms with Crippen molar-refractivity contribution < 1.29 is 14.3 Å². The quantitative estimate of drug-likeness (QED) is 0.783. The van der Waals surface area contributed by atoms with Crippen molar-refractivity contribution in [2.45, 2.75) is 45.3 Å². The highest BCUT2D eigenvalue weighted by molar-refractivity contribution is 5.73. The van der Waals surface area contributed by atoms with Gasteiger partial charge in [0.05, 0.1) is 6.04 Å². The average molecular weight is 257 g/mol. The molecule has 0 spiro atoms. The van der Waals surface area contributed by atoms with Crippen LogP contribution in [0, 0.1) is 0 Å². The van der Waals surface area contributed by atoms with E-state index < -0.39 is 5.60 Å². The summed E-state index contributed by atoms with van der Waals surface area (Å²) in [5.41, 5.74) is -0.488. The summed E-state index contributed by atoms with van der Waals surface area (Å²) >= 11 is 0. The van der Waals surface area contributed by atoms with Crippen LogP contribution in [0.2, 0.25) is 0 Å². The van der Waals surface area contributed by atoms with E-state index in [1.54, 1.807) is 11.9 Å². The second kappa shape index (κ2) is 5.93. The van der Waals surface area contributed by atoms with E-state index in [1.165, 1.54) is 0 Å². The fraction of sp³-hybridized carbons (Fsp3) is 0.833. The minimum absolute atomic E-state index is 0.0251. The van der Waals surface area contributed by atoms with Gasteiger partial charge >= 0.3 is 12.1 Å². The molecule has 2 N–H and O–H groups in total. The molecule has 1 aliphatic heterocycles. The van der Waals surface area contributed by atoms with Crippen molar-refractivity contribution in [2.24, 2.45) is 0 Å². The highest BCUT2D eigenvalue weighted by Crippen LogP contribution is 2.20. The number of likely N-dealkylation sites (tertiary alicyclic amines) is 1. The van der Waals surface area contributed by atoms with E-state index in [4.69, 9.17) is 4.74 Å². The van der Waals surface area contributed by atoms with E-state index in [9.17, 15) is 9.59 Å². The number of nitrogens with one attached hydrogen (secondary N) is 2. The molecule has 1 atom stereocenters. The summed E-state index contributed by atoms with van der Waals surface area (Å²) in [6.45, 7) is 6.68. The Hall–Kier alpha value is -1.46. The zero-order valence-corrected chi connectivity index (χ0v) is 11.6. The van der Waals surface area contributed by atoms with Crippen molar-refractivity contribution in [3.05, 3.63) is 0 Å². The van der Waals surface area contributed by atoms with E-state index in [-0.39, 0.29) is 18.2 Å². The molecule has 6 heteroatoms. The molecule has 1 aliphatic rings. The van der Waals surface area contributed by atoms with E-state index >= 15 is 0 Å². The predicted molar refractivity (Wildman–Crippen MR) is 68.4 cm³/mol. The third kappa shape index (κ3) is 4.43.